The lowest BCUT2D eigenvalue weighted by Gasteiger charge is -2.29. The highest BCUT2D eigenvalue weighted by molar-refractivity contribution is 6.30. The number of rotatable bonds is 6. The van der Waals surface area contributed by atoms with E-state index in [9.17, 15) is 9.59 Å². The minimum atomic E-state index is -0.739. The summed E-state index contributed by atoms with van der Waals surface area (Å²) in [6, 6.07) is 8.65. The molecule has 2 N–H and O–H groups in total. The van der Waals surface area contributed by atoms with Crippen LogP contribution >= 0.6 is 11.6 Å². The lowest BCUT2D eigenvalue weighted by atomic mass is 9.83. The van der Waals surface area contributed by atoms with Gasteiger partial charge in [-0.2, -0.15) is 0 Å². The van der Waals surface area contributed by atoms with Crippen LogP contribution in [0, 0.1) is 6.92 Å². The van der Waals surface area contributed by atoms with Gasteiger partial charge < -0.3 is 24.5 Å². The van der Waals surface area contributed by atoms with Gasteiger partial charge in [0.1, 0.15) is 11.3 Å². The van der Waals surface area contributed by atoms with Crippen LogP contribution in [0.5, 0.6) is 5.75 Å². The van der Waals surface area contributed by atoms with Gasteiger partial charge >= 0.3 is 5.97 Å². The number of nitrogens with two attached hydrogens (primary N) is 1. The second-order valence-corrected chi connectivity index (χ2v) is 7.03. The Morgan fingerprint density at radius 3 is 2.62 bits per heavy atom. The molecular weight excluding hydrogens is 396 g/mol. The van der Waals surface area contributed by atoms with Gasteiger partial charge in [0.05, 0.1) is 24.7 Å². The molecule has 2 aromatic rings. The van der Waals surface area contributed by atoms with Gasteiger partial charge in [-0.3, -0.25) is 4.79 Å². The van der Waals surface area contributed by atoms with Crippen LogP contribution in [0.4, 0.5) is 0 Å². The quantitative estimate of drug-likeness (QED) is 0.725. The first-order valence-electron chi connectivity index (χ1n) is 9.22. The second kappa shape index (κ2) is 8.71. The van der Waals surface area contributed by atoms with Crippen molar-refractivity contribution in [2.75, 3.05) is 20.3 Å². The van der Waals surface area contributed by atoms with Crippen LogP contribution in [-0.4, -0.2) is 30.9 Å². The maximum Gasteiger partial charge on any atom is 0.340 e. The number of aromatic nitrogens is 1. The molecule has 7 nitrogen and oxygen atoms in total. The van der Waals surface area contributed by atoms with E-state index in [4.69, 9.17) is 31.5 Å². The molecular formula is C21H23ClN2O5. The molecule has 0 aliphatic carbocycles. The van der Waals surface area contributed by atoms with E-state index in [1.54, 1.807) is 55.9 Å². The topological polar surface area (TPSA) is 92.8 Å². The first-order chi connectivity index (χ1) is 13.9. The standard InChI is InChI=1S/C21H23ClN2O5/c1-4-28-21(26)18-16(13-5-7-14(22)8-6-13)17-15(29-19(18)23)11-12(2)24(20(17)25)9-10-27-3/h5-8,11,16H,4,9-10,23H2,1-3H3. The van der Waals surface area contributed by atoms with Crippen molar-refractivity contribution < 1.29 is 19.0 Å². The number of methoxy groups -OCH3 is 1. The number of ether oxygens (including phenoxy) is 3. The SMILES string of the molecule is CCOC(=O)C1=C(N)Oc2cc(C)n(CCOC)c(=O)c2C1c1ccc(Cl)cc1. The molecule has 3 rings (SSSR count). The van der Waals surface area contributed by atoms with E-state index in [0.717, 1.165) is 0 Å². The highest BCUT2D eigenvalue weighted by atomic mass is 35.5. The van der Waals surface area contributed by atoms with E-state index in [2.05, 4.69) is 0 Å². The number of benzene rings is 1. The third-order valence-electron chi connectivity index (χ3n) is 4.79. The monoisotopic (exact) mass is 418 g/mol. The second-order valence-electron chi connectivity index (χ2n) is 6.60. The molecule has 1 aliphatic heterocycles. The van der Waals surface area contributed by atoms with Crippen molar-refractivity contribution in [1.82, 2.24) is 4.57 Å². The maximum atomic E-state index is 13.4. The van der Waals surface area contributed by atoms with Crippen molar-refractivity contribution in [3.8, 4) is 5.75 Å². The van der Waals surface area contributed by atoms with Crippen LogP contribution < -0.4 is 16.0 Å². The van der Waals surface area contributed by atoms with Crippen LogP contribution in [-0.2, 0) is 20.8 Å². The minimum Gasteiger partial charge on any atom is -0.462 e. The summed E-state index contributed by atoms with van der Waals surface area (Å²) in [5, 5.41) is 0.539. The maximum absolute atomic E-state index is 13.4. The molecule has 1 aromatic heterocycles. The Morgan fingerprint density at radius 2 is 2.00 bits per heavy atom. The zero-order valence-corrected chi connectivity index (χ0v) is 17.3. The van der Waals surface area contributed by atoms with Crippen molar-refractivity contribution >= 4 is 17.6 Å². The third kappa shape index (κ3) is 4.02. The molecule has 0 bridgehead atoms. The number of fused-ring (bicyclic) bond motifs is 1. The number of hydrogen-bond donors (Lipinski definition) is 1. The molecule has 1 unspecified atom stereocenters. The van der Waals surface area contributed by atoms with Gasteiger partial charge in [-0.25, -0.2) is 4.79 Å². The van der Waals surface area contributed by atoms with Gasteiger partial charge in [0.2, 0.25) is 5.88 Å². The number of carbonyl (C=O) groups excluding carboxylic acids is 1. The minimum absolute atomic E-state index is 0.0793. The molecule has 0 amide bonds. The number of pyridine rings is 1. The molecule has 29 heavy (non-hydrogen) atoms. The Kier molecular flexibility index (Phi) is 6.30. The Balaban J connectivity index is 2.26. The van der Waals surface area contributed by atoms with Gasteiger partial charge in [0.25, 0.3) is 5.56 Å². The van der Waals surface area contributed by atoms with Crippen molar-refractivity contribution in [3.05, 3.63) is 74.0 Å². The van der Waals surface area contributed by atoms with Crippen LogP contribution in [0.25, 0.3) is 0 Å². The average molecular weight is 419 g/mol. The van der Waals surface area contributed by atoms with Crippen molar-refractivity contribution in [1.29, 1.82) is 0 Å². The molecule has 0 spiro atoms. The summed E-state index contributed by atoms with van der Waals surface area (Å²) in [7, 11) is 1.57. The smallest absolute Gasteiger partial charge is 0.340 e. The van der Waals surface area contributed by atoms with Crippen LogP contribution in [0.3, 0.4) is 0 Å². The fourth-order valence-corrected chi connectivity index (χ4v) is 3.57. The van der Waals surface area contributed by atoms with Crippen LogP contribution in [0.15, 0.2) is 46.6 Å². The number of nitrogens with zero attached hydrogens (tertiary/aromatic N) is 1. The number of hydrogen-bond acceptors (Lipinski definition) is 6. The molecule has 2 heterocycles. The van der Waals surface area contributed by atoms with E-state index in [1.807, 2.05) is 0 Å². The lowest BCUT2D eigenvalue weighted by Crippen LogP contribution is -2.35. The van der Waals surface area contributed by atoms with Gasteiger partial charge in [-0.05, 0) is 31.5 Å². The van der Waals surface area contributed by atoms with Crippen molar-refractivity contribution in [2.45, 2.75) is 26.3 Å². The Bertz CT molecular complexity index is 1010. The molecule has 0 radical (unpaired) electrons. The predicted molar refractivity (Wildman–Crippen MR) is 109 cm³/mol. The number of halogens is 1. The molecule has 1 atom stereocenters. The highest BCUT2D eigenvalue weighted by Gasteiger charge is 2.38. The highest BCUT2D eigenvalue weighted by Crippen LogP contribution is 2.41. The van der Waals surface area contributed by atoms with Crippen LogP contribution in [0.1, 0.15) is 29.7 Å². The van der Waals surface area contributed by atoms with E-state index >= 15 is 0 Å². The first-order valence-corrected chi connectivity index (χ1v) is 9.60. The van der Waals surface area contributed by atoms with E-state index < -0.39 is 11.9 Å². The average Bonchev–Trinajstić information content (AvgIpc) is 2.67. The Morgan fingerprint density at radius 1 is 1.31 bits per heavy atom. The zero-order valence-electron chi connectivity index (χ0n) is 16.5. The first kappa shape index (κ1) is 21.0. The van der Waals surface area contributed by atoms with Gasteiger partial charge in [0.15, 0.2) is 0 Å². The summed E-state index contributed by atoms with van der Waals surface area (Å²) in [6.45, 7) is 4.41. The van der Waals surface area contributed by atoms with Gasteiger partial charge in [0, 0.05) is 30.4 Å². The normalized spacial score (nSPS) is 15.7. The van der Waals surface area contributed by atoms with E-state index in [1.165, 1.54) is 0 Å². The Hall–Kier alpha value is -2.77. The van der Waals surface area contributed by atoms with Crippen molar-refractivity contribution in [3.63, 3.8) is 0 Å². The largest absolute Gasteiger partial charge is 0.462 e. The molecule has 0 saturated heterocycles. The summed E-state index contributed by atoms with van der Waals surface area (Å²) in [5.41, 5.74) is 7.64. The third-order valence-corrected chi connectivity index (χ3v) is 5.04. The fraction of sp³-hybridized carbons (Fsp3) is 0.333. The molecule has 0 fully saturated rings. The number of esters is 1. The summed E-state index contributed by atoms with van der Waals surface area (Å²) >= 11 is 6.03. The summed E-state index contributed by atoms with van der Waals surface area (Å²) < 4.78 is 17.6. The lowest BCUT2D eigenvalue weighted by molar-refractivity contribution is -0.139. The summed E-state index contributed by atoms with van der Waals surface area (Å²) in [6.07, 6.45) is 0. The zero-order chi connectivity index (χ0) is 21.1. The summed E-state index contributed by atoms with van der Waals surface area (Å²) in [4.78, 5) is 26.1. The molecule has 1 aliphatic rings. The molecule has 1 aromatic carbocycles. The van der Waals surface area contributed by atoms with Crippen LogP contribution in [0.2, 0.25) is 5.02 Å². The van der Waals surface area contributed by atoms with E-state index in [0.29, 0.717) is 40.7 Å². The van der Waals surface area contributed by atoms with Crippen molar-refractivity contribution in [2.24, 2.45) is 5.73 Å². The predicted octanol–water partition coefficient (Wildman–Crippen LogP) is 2.71. The molecule has 0 saturated carbocycles. The Labute approximate surface area is 173 Å². The molecule has 8 heteroatoms. The van der Waals surface area contributed by atoms with Gasteiger partial charge in [-0.15, -0.1) is 0 Å². The summed E-state index contributed by atoms with van der Waals surface area (Å²) in [5.74, 6) is -1.12. The number of carbonyl (C=O) groups is 1. The van der Waals surface area contributed by atoms with Gasteiger partial charge in [-0.1, -0.05) is 23.7 Å². The number of aryl methyl sites for hydroxylation is 1. The fourth-order valence-electron chi connectivity index (χ4n) is 3.44. The van der Waals surface area contributed by atoms with E-state index in [-0.39, 0.29) is 23.6 Å². The molecule has 154 valence electrons.